The topological polar surface area (TPSA) is 108 Å². The minimum Gasteiger partial charge on any atom is -0.389 e. The van der Waals surface area contributed by atoms with E-state index in [-0.39, 0.29) is 25.9 Å². The molecule has 8 nitrogen and oxygen atoms in total. The molecule has 208 valence electrons. The molecule has 3 N–H and O–H groups in total. The van der Waals surface area contributed by atoms with E-state index in [4.69, 9.17) is 11.6 Å². The molecule has 1 amide bonds. The monoisotopic (exact) mass is 576 g/mol. The number of carbonyl (C=O) groups excluding carboxylic acids is 1. The smallest absolute Gasteiger partial charge is 0.389 e. The Morgan fingerprint density at radius 3 is 2.28 bits per heavy atom. The van der Waals surface area contributed by atoms with Crippen molar-refractivity contribution >= 4 is 34.4 Å². The number of anilines is 1. The summed E-state index contributed by atoms with van der Waals surface area (Å²) in [7, 11) is 0. The number of nitrogens with one attached hydrogen (secondary N) is 1. The Kier molecular flexibility index (Phi) is 6.75. The van der Waals surface area contributed by atoms with Gasteiger partial charge in [-0.2, -0.15) is 13.2 Å². The van der Waals surface area contributed by atoms with Gasteiger partial charge < -0.3 is 20.4 Å². The van der Waals surface area contributed by atoms with Gasteiger partial charge >= 0.3 is 6.18 Å². The van der Waals surface area contributed by atoms with Crippen LogP contribution in [-0.4, -0.2) is 63.2 Å². The first-order valence-corrected chi connectivity index (χ1v) is 12.0. The number of pyridine rings is 2. The summed E-state index contributed by atoms with van der Waals surface area (Å²) in [6.45, 7) is -0.486. The van der Waals surface area contributed by atoms with E-state index in [1.807, 2.05) is 0 Å². The molecule has 5 rings (SSSR count). The van der Waals surface area contributed by atoms with Crippen LogP contribution in [0.5, 0.6) is 0 Å². The minimum atomic E-state index is -4.81. The van der Waals surface area contributed by atoms with Crippen molar-refractivity contribution in [3.8, 4) is 5.69 Å². The molecule has 3 atom stereocenters. The van der Waals surface area contributed by atoms with Crippen LogP contribution < -0.4 is 15.6 Å². The van der Waals surface area contributed by atoms with Gasteiger partial charge in [-0.1, -0.05) is 11.6 Å². The lowest BCUT2D eigenvalue weighted by molar-refractivity contribution is -0.158. The molecule has 0 radical (unpaired) electrons. The highest BCUT2D eigenvalue weighted by molar-refractivity contribution is 6.32. The number of nitrogens with zero attached hydrogens (tertiary/aromatic N) is 3. The second-order valence-electron chi connectivity index (χ2n) is 9.49. The molecule has 0 spiro atoms. The van der Waals surface area contributed by atoms with Gasteiger partial charge in [0.05, 0.1) is 22.6 Å². The average Bonchev–Trinajstić information content (AvgIpc) is 3.61. The molecule has 3 heterocycles. The van der Waals surface area contributed by atoms with E-state index in [2.05, 4.69) is 4.98 Å². The van der Waals surface area contributed by atoms with Crippen LogP contribution in [-0.2, 0) is 0 Å². The summed E-state index contributed by atoms with van der Waals surface area (Å²) in [5.74, 6) is -6.24. The third-order valence-electron chi connectivity index (χ3n) is 6.67. The van der Waals surface area contributed by atoms with Gasteiger partial charge in [0.1, 0.15) is 23.1 Å². The first kappa shape index (κ1) is 27.2. The van der Waals surface area contributed by atoms with Crippen LogP contribution in [0, 0.1) is 23.4 Å². The first-order valence-electron chi connectivity index (χ1n) is 11.7. The summed E-state index contributed by atoms with van der Waals surface area (Å²) in [6.07, 6.45) is -6.18. The third-order valence-corrected chi connectivity index (χ3v) is 6.96. The number of hydrogen-bond donors (Lipinski definition) is 3. The van der Waals surface area contributed by atoms with Crippen LogP contribution in [0.15, 0.2) is 29.2 Å². The van der Waals surface area contributed by atoms with Crippen LogP contribution in [0.2, 0.25) is 5.02 Å². The molecule has 1 saturated heterocycles. The van der Waals surface area contributed by atoms with Crippen LogP contribution >= 0.6 is 11.6 Å². The van der Waals surface area contributed by atoms with Gasteiger partial charge in [-0.15, -0.1) is 0 Å². The molecule has 39 heavy (non-hydrogen) atoms. The number of rotatable bonds is 5. The Hall–Kier alpha value is -3.36. The van der Waals surface area contributed by atoms with Gasteiger partial charge in [0.25, 0.3) is 5.91 Å². The molecule has 2 aliphatic rings. The summed E-state index contributed by atoms with van der Waals surface area (Å²) in [5, 5.41) is 20.3. The Balaban J connectivity index is 1.72. The van der Waals surface area contributed by atoms with Crippen molar-refractivity contribution in [3.63, 3.8) is 0 Å². The van der Waals surface area contributed by atoms with E-state index in [1.54, 1.807) is 5.32 Å². The predicted octanol–water partition coefficient (Wildman–Crippen LogP) is 3.07. The highest BCUT2D eigenvalue weighted by Gasteiger charge is 2.50. The Bertz CT molecular complexity index is 1510. The molecule has 1 aliphatic carbocycles. The van der Waals surface area contributed by atoms with Gasteiger partial charge in [-0.25, -0.2) is 18.2 Å². The summed E-state index contributed by atoms with van der Waals surface area (Å²) in [6, 6.07) is -0.435. The summed E-state index contributed by atoms with van der Waals surface area (Å²) >= 11 is 6.07. The predicted molar refractivity (Wildman–Crippen MR) is 126 cm³/mol. The lowest BCUT2D eigenvalue weighted by Gasteiger charge is -2.22. The zero-order chi connectivity index (χ0) is 28.4. The van der Waals surface area contributed by atoms with Gasteiger partial charge in [-0.05, 0) is 30.9 Å². The number of β-amino-alcohol motifs (C(OH)–C–C–N with tert-alkyl or cyclic N) is 2. The highest BCUT2D eigenvalue weighted by atomic mass is 35.5. The molecule has 1 saturated carbocycles. The Labute approximate surface area is 220 Å². The maximum atomic E-state index is 15.1. The second-order valence-corrected chi connectivity index (χ2v) is 9.90. The van der Waals surface area contributed by atoms with E-state index in [0.717, 1.165) is 9.47 Å². The number of carbonyl (C=O) groups is 1. The lowest BCUT2D eigenvalue weighted by Crippen LogP contribution is -2.48. The molecule has 3 aromatic rings. The molecule has 2 aromatic heterocycles. The third kappa shape index (κ3) is 5.03. The summed E-state index contributed by atoms with van der Waals surface area (Å²) < 4.78 is 85.2. The van der Waals surface area contributed by atoms with Gasteiger partial charge in [0.15, 0.2) is 23.1 Å². The van der Waals surface area contributed by atoms with Crippen LogP contribution in [0.3, 0.4) is 0 Å². The van der Waals surface area contributed by atoms with Crippen LogP contribution in [0.4, 0.5) is 32.2 Å². The molecule has 2 fully saturated rings. The number of halogens is 7. The number of alkyl halides is 3. The number of benzene rings is 1. The lowest BCUT2D eigenvalue weighted by atomic mass is 10.1. The number of hydrogen-bond acceptors (Lipinski definition) is 6. The molecule has 1 aromatic carbocycles. The number of amides is 1. The van der Waals surface area contributed by atoms with Crippen molar-refractivity contribution in [2.24, 2.45) is 5.92 Å². The van der Waals surface area contributed by atoms with Crippen molar-refractivity contribution in [1.29, 1.82) is 0 Å². The van der Waals surface area contributed by atoms with Gasteiger partial charge in [-0.3, -0.25) is 14.2 Å². The SMILES string of the molecule is O=C(N[C@@H](C1CC1)C(F)(F)F)c1cn(-c2c(F)cc(F)cc2Cl)c2nc(N3C[C@@H](O)[C@H](O)C3)c(F)cc2c1=O. The first-order chi connectivity index (χ1) is 18.3. The van der Waals surface area contributed by atoms with E-state index >= 15 is 4.39 Å². The molecular formula is C24H19ClF6N4O4. The van der Waals surface area contributed by atoms with Crippen molar-refractivity contribution in [2.75, 3.05) is 18.0 Å². The Morgan fingerprint density at radius 1 is 1.08 bits per heavy atom. The van der Waals surface area contributed by atoms with Crippen molar-refractivity contribution in [2.45, 2.75) is 37.3 Å². The van der Waals surface area contributed by atoms with Crippen molar-refractivity contribution in [1.82, 2.24) is 14.9 Å². The van der Waals surface area contributed by atoms with E-state index in [0.29, 0.717) is 24.4 Å². The van der Waals surface area contributed by atoms with Crippen LogP contribution in [0.1, 0.15) is 23.2 Å². The maximum Gasteiger partial charge on any atom is 0.408 e. The molecule has 1 aliphatic heterocycles. The van der Waals surface area contributed by atoms with Crippen molar-refractivity contribution < 1.29 is 41.4 Å². The molecular weight excluding hydrogens is 558 g/mol. The zero-order valence-corrected chi connectivity index (χ0v) is 20.4. The average molecular weight is 577 g/mol. The largest absolute Gasteiger partial charge is 0.408 e. The number of aromatic nitrogens is 2. The van der Waals surface area contributed by atoms with Gasteiger partial charge in [0.2, 0.25) is 5.43 Å². The molecule has 15 heteroatoms. The van der Waals surface area contributed by atoms with Crippen molar-refractivity contribution in [3.05, 3.63) is 62.7 Å². The minimum absolute atomic E-state index is 0.209. The van der Waals surface area contributed by atoms with Gasteiger partial charge in [0, 0.05) is 25.4 Å². The fourth-order valence-electron chi connectivity index (χ4n) is 4.59. The quantitative estimate of drug-likeness (QED) is 0.403. The number of aliphatic hydroxyl groups is 2. The molecule has 0 unspecified atom stereocenters. The standard InChI is InChI=1S/C24H19ClF6N4O4/c25-13-3-10(26)4-14(27)18(13)35-6-12(23(39)32-20(9-1-2-9)24(29,30)31)19(38)11-5-15(28)22(33-21(11)35)34-7-16(36)17(37)8-34/h3-6,9,16-17,20,36-37H,1-2,7-8H2,(H,32,39)/t16-,17-,20+/m1/s1. The van der Waals surface area contributed by atoms with Crippen LogP contribution in [0.25, 0.3) is 16.7 Å². The van der Waals surface area contributed by atoms with E-state index in [1.165, 1.54) is 0 Å². The normalized spacial score (nSPS) is 20.5. The van der Waals surface area contributed by atoms with E-state index < -0.39 is 92.3 Å². The zero-order valence-electron chi connectivity index (χ0n) is 19.6. The second kappa shape index (κ2) is 9.68. The highest BCUT2D eigenvalue weighted by Crippen LogP contribution is 2.40. The Morgan fingerprint density at radius 2 is 1.72 bits per heavy atom. The summed E-state index contributed by atoms with van der Waals surface area (Å²) in [4.78, 5) is 31.4. The summed E-state index contributed by atoms with van der Waals surface area (Å²) in [5.41, 5.74) is -3.17. The molecule has 0 bridgehead atoms. The maximum absolute atomic E-state index is 15.1. The number of aliphatic hydroxyl groups excluding tert-OH is 2. The fourth-order valence-corrected chi connectivity index (χ4v) is 4.88. The number of fused-ring (bicyclic) bond motifs is 1. The fraction of sp³-hybridized carbons (Fsp3) is 0.375. The van der Waals surface area contributed by atoms with E-state index in [9.17, 15) is 41.8 Å².